The van der Waals surface area contributed by atoms with E-state index in [1.165, 1.54) is 5.57 Å². The number of nitriles is 1. The molecular formula is C20H34N2O. The summed E-state index contributed by atoms with van der Waals surface area (Å²) in [6.07, 6.45) is 9.26. The SMILES string of the molecule is C=CCCC(C)N(CCCCCCO)C1C(=C)CC(C)C1C#N. The van der Waals surface area contributed by atoms with Crippen LogP contribution in [-0.2, 0) is 0 Å². The molecule has 0 spiro atoms. The molecule has 4 unspecified atom stereocenters. The highest BCUT2D eigenvalue weighted by molar-refractivity contribution is 5.21. The fourth-order valence-corrected chi connectivity index (χ4v) is 3.78. The summed E-state index contributed by atoms with van der Waals surface area (Å²) in [6.45, 7) is 13.8. The monoisotopic (exact) mass is 318 g/mol. The van der Waals surface area contributed by atoms with Crippen LogP contribution in [0.15, 0.2) is 24.8 Å². The molecule has 3 heteroatoms. The first kappa shape index (κ1) is 19.9. The number of aliphatic hydroxyl groups excluding tert-OH is 1. The minimum absolute atomic E-state index is 0.0612. The van der Waals surface area contributed by atoms with Crippen LogP contribution in [0.25, 0.3) is 0 Å². The van der Waals surface area contributed by atoms with Crippen LogP contribution < -0.4 is 0 Å². The number of unbranched alkanes of at least 4 members (excludes halogenated alkanes) is 3. The van der Waals surface area contributed by atoms with Crippen LogP contribution in [0.5, 0.6) is 0 Å². The molecule has 3 nitrogen and oxygen atoms in total. The lowest BCUT2D eigenvalue weighted by molar-refractivity contribution is 0.132. The predicted molar refractivity (Wildman–Crippen MR) is 97.0 cm³/mol. The largest absolute Gasteiger partial charge is 0.396 e. The van der Waals surface area contributed by atoms with Gasteiger partial charge < -0.3 is 5.11 Å². The summed E-state index contributed by atoms with van der Waals surface area (Å²) in [5.74, 6) is 0.465. The molecule has 1 fully saturated rings. The van der Waals surface area contributed by atoms with Gasteiger partial charge in [-0.15, -0.1) is 6.58 Å². The molecule has 0 aromatic carbocycles. The zero-order valence-electron chi connectivity index (χ0n) is 15.0. The Kier molecular flexibility index (Phi) is 9.21. The molecule has 130 valence electrons. The van der Waals surface area contributed by atoms with Gasteiger partial charge >= 0.3 is 0 Å². The van der Waals surface area contributed by atoms with Crippen molar-refractivity contribution in [2.45, 2.75) is 70.9 Å². The minimum atomic E-state index is 0.0612. The van der Waals surface area contributed by atoms with Crippen LogP contribution in [0.1, 0.15) is 58.8 Å². The average molecular weight is 319 g/mol. The maximum atomic E-state index is 9.61. The van der Waals surface area contributed by atoms with Crippen molar-refractivity contribution in [3.63, 3.8) is 0 Å². The van der Waals surface area contributed by atoms with Gasteiger partial charge in [0, 0.05) is 18.7 Å². The third-order valence-electron chi connectivity index (χ3n) is 5.14. The van der Waals surface area contributed by atoms with Crippen LogP contribution in [0, 0.1) is 23.2 Å². The van der Waals surface area contributed by atoms with Gasteiger partial charge in [-0.25, -0.2) is 0 Å². The first-order chi connectivity index (χ1) is 11.1. The van der Waals surface area contributed by atoms with Crippen LogP contribution in [0.4, 0.5) is 0 Å². The fourth-order valence-electron chi connectivity index (χ4n) is 3.78. The second kappa shape index (κ2) is 10.6. The van der Waals surface area contributed by atoms with Crippen molar-refractivity contribution in [1.29, 1.82) is 5.26 Å². The number of rotatable bonds is 11. The maximum absolute atomic E-state index is 9.61. The number of aliphatic hydroxyl groups is 1. The van der Waals surface area contributed by atoms with Gasteiger partial charge in [0.25, 0.3) is 0 Å². The second-order valence-corrected chi connectivity index (χ2v) is 7.03. The Balaban J connectivity index is 2.74. The molecule has 1 rings (SSSR count). The summed E-state index contributed by atoms with van der Waals surface area (Å²) in [5.41, 5.74) is 1.23. The molecule has 1 aliphatic rings. The van der Waals surface area contributed by atoms with E-state index < -0.39 is 0 Å². The summed E-state index contributed by atoms with van der Waals surface area (Å²) in [4.78, 5) is 2.52. The van der Waals surface area contributed by atoms with E-state index in [0.29, 0.717) is 12.0 Å². The lowest BCUT2D eigenvalue weighted by Gasteiger charge is -2.37. The molecule has 1 aliphatic carbocycles. The van der Waals surface area contributed by atoms with Gasteiger partial charge in [-0.3, -0.25) is 4.90 Å². The molecule has 4 atom stereocenters. The Morgan fingerprint density at radius 3 is 2.70 bits per heavy atom. The Morgan fingerprint density at radius 2 is 2.09 bits per heavy atom. The smallest absolute Gasteiger partial charge is 0.0685 e. The molecule has 0 saturated heterocycles. The van der Waals surface area contributed by atoms with Crippen LogP contribution >= 0.6 is 0 Å². The van der Waals surface area contributed by atoms with E-state index in [1.54, 1.807) is 0 Å². The molecular weight excluding hydrogens is 284 g/mol. The first-order valence-corrected chi connectivity index (χ1v) is 9.11. The van der Waals surface area contributed by atoms with Gasteiger partial charge in [-0.2, -0.15) is 5.26 Å². The van der Waals surface area contributed by atoms with Gasteiger partial charge in [0.05, 0.1) is 12.0 Å². The number of hydrogen-bond acceptors (Lipinski definition) is 3. The quantitative estimate of drug-likeness (QED) is 0.456. The highest BCUT2D eigenvalue weighted by Gasteiger charge is 2.40. The van der Waals surface area contributed by atoms with Gasteiger partial charge in [0.2, 0.25) is 0 Å². The lowest BCUT2D eigenvalue weighted by Crippen LogP contribution is -2.45. The van der Waals surface area contributed by atoms with E-state index in [9.17, 15) is 5.26 Å². The van der Waals surface area contributed by atoms with Gasteiger partial charge in [-0.05, 0) is 51.5 Å². The van der Waals surface area contributed by atoms with Crippen molar-refractivity contribution in [2.75, 3.05) is 13.2 Å². The third kappa shape index (κ3) is 5.79. The molecule has 1 saturated carbocycles. The van der Waals surface area contributed by atoms with Gasteiger partial charge in [-0.1, -0.05) is 38.0 Å². The van der Waals surface area contributed by atoms with E-state index >= 15 is 0 Å². The Morgan fingerprint density at radius 1 is 1.39 bits per heavy atom. The summed E-state index contributed by atoms with van der Waals surface area (Å²) in [5, 5.41) is 18.5. The lowest BCUT2D eigenvalue weighted by atomic mass is 9.93. The fraction of sp³-hybridized carbons (Fsp3) is 0.750. The molecule has 0 amide bonds. The second-order valence-electron chi connectivity index (χ2n) is 7.03. The van der Waals surface area contributed by atoms with Crippen LogP contribution in [0.2, 0.25) is 0 Å². The summed E-state index contributed by atoms with van der Waals surface area (Å²) in [7, 11) is 0. The van der Waals surface area contributed by atoms with Crippen molar-refractivity contribution >= 4 is 0 Å². The normalized spacial score (nSPS) is 25.5. The number of hydrogen-bond donors (Lipinski definition) is 1. The van der Waals surface area contributed by atoms with Crippen molar-refractivity contribution in [3.8, 4) is 6.07 Å². The van der Waals surface area contributed by atoms with E-state index in [1.807, 2.05) is 6.08 Å². The van der Waals surface area contributed by atoms with Crippen LogP contribution in [-0.4, -0.2) is 35.2 Å². The summed E-state index contributed by atoms with van der Waals surface area (Å²) in [6, 6.07) is 3.18. The molecule has 1 N–H and O–H groups in total. The number of nitrogens with zero attached hydrogens (tertiary/aromatic N) is 2. The van der Waals surface area contributed by atoms with Gasteiger partial charge in [0.15, 0.2) is 0 Å². The van der Waals surface area contributed by atoms with Crippen molar-refractivity contribution in [2.24, 2.45) is 11.8 Å². The highest BCUT2D eigenvalue weighted by Crippen LogP contribution is 2.39. The standard InChI is InChI=1S/C20H34N2O/c1-5-6-11-18(4)22(12-9-7-8-10-13-23)20-17(3)14-16(2)19(20)15-21/h5,16,18-20,23H,1,3,6-14H2,2,4H3. The molecule has 23 heavy (non-hydrogen) atoms. The van der Waals surface area contributed by atoms with E-state index in [4.69, 9.17) is 5.11 Å². The molecule has 0 aliphatic heterocycles. The van der Waals surface area contributed by atoms with Crippen molar-refractivity contribution < 1.29 is 5.11 Å². The Labute approximate surface area is 142 Å². The van der Waals surface area contributed by atoms with Crippen LogP contribution in [0.3, 0.4) is 0 Å². The van der Waals surface area contributed by atoms with E-state index in [0.717, 1.165) is 51.5 Å². The highest BCUT2D eigenvalue weighted by atomic mass is 16.2. The van der Waals surface area contributed by atoms with E-state index in [2.05, 4.69) is 38.0 Å². The predicted octanol–water partition coefficient (Wildman–Crippen LogP) is 4.30. The van der Waals surface area contributed by atoms with E-state index in [-0.39, 0.29) is 18.6 Å². The maximum Gasteiger partial charge on any atom is 0.0685 e. The van der Waals surface area contributed by atoms with Crippen molar-refractivity contribution in [1.82, 2.24) is 4.90 Å². The zero-order chi connectivity index (χ0) is 17.2. The average Bonchev–Trinajstić information content (AvgIpc) is 2.82. The third-order valence-corrected chi connectivity index (χ3v) is 5.14. The summed E-state index contributed by atoms with van der Waals surface area (Å²) >= 11 is 0. The first-order valence-electron chi connectivity index (χ1n) is 9.11. The molecule has 0 bridgehead atoms. The Bertz CT molecular complexity index is 412. The minimum Gasteiger partial charge on any atom is -0.396 e. The zero-order valence-corrected chi connectivity index (χ0v) is 15.0. The topological polar surface area (TPSA) is 47.3 Å². The van der Waals surface area contributed by atoms with Gasteiger partial charge in [0.1, 0.15) is 0 Å². The molecule has 0 heterocycles. The molecule has 0 aromatic rings. The van der Waals surface area contributed by atoms with Crippen molar-refractivity contribution in [3.05, 3.63) is 24.8 Å². The molecule has 0 aromatic heterocycles. The molecule has 0 radical (unpaired) electrons. The number of allylic oxidation sites excluding steroid dienone is 1. The summed E-state index contributed by atoms with van der Waals surface area (Å²) < 4.78 is 0. The Hall–Kier alpha value is -1.11.